The second kappa shape index (κ2) is 2.82. The lowest BCUT2D eigenvalue weighted by atomic mass is 9.89. The molecule has 0 radical (unpaired) electrons. The highest BCUT2D eigenvalue weighted by molar-refractivity contribution is 6.07. The van der Waals surface area contributed by atoms with Crippen molar-refractivity contribution in [3.05, 3.63) is 0 Å². The first-order chi connectivity index (χ1) is 6.17. The molecule has 0 saturated heterocycles. The van der Waals surface area contributed by atoms with Gasteiger partial charge in [-0.05, 0) is 25.7 Å². The van der Waals surface area contributed by atoms with Crippen LogP contribution in [0.3, 0.4) is 0 Å². The summed E-state index contributed by atoms with van der Waals surface area (Å²) in [6.07, 6.45) is 5.13. The van der Waals surface area contributed by atoms with E-state index < -0.39 is 11.4 Å². The molecule has 3 nitrogen and oxygen atoms in total. The molecule has 0 bridgehead atoms. The molecule has 72 valence electrons. The summed E-state index contributed by atoms with van der Waals surface area (Å²) in [7, 11) is 0. The number of carbonyl (C=O) groups is 2. The molecule has 0 unspecified atom stereocenters. The third-order valence-electron chi connectivity index (χ3n) is 3.36. The molecule has 2 fully saturated rings. The van der Waals surface area contributed by atoms with Crippen molar-refractivity contribution < 1.29 is 14.7 Å². The normalized spacial score (nSPS) is 25.8. The molecule has 0 aromatic heterocycles. The monoisotopic (exact) mass is 182 g/mol. The predicted molar refractivity (Wildman–Crippen MR) is 46.3 cm³/mol. The van der Waals surface area contributed by atoms with Gasteiger partial charge in [-0.1, -0.05) is 12.8 Å². The van der Waals surface area contributed by atoms with Gasteiger partial charge in [-0.15, -0.1) is 0 Å². The number of hydrogen-bond acceptors (Lipinski definition) is 2. The topological polar surface area (TPSA) is 54.4 Å². The highest BCUT2D eigenvalue weighted by Gasteiger charge is 2.58. The summed E-state index contributed by atoms with van der Waals surface area (Å²) in [4.78, 5) is 22.7. The Morgan fingerprint density at radius 1 is 1.15 bits per heavy atom. The zero-order chi connectivity index (χ0) is 9.47. The molecule has 0 aliphatic heterocycles. The second-order valence-corrected chi connectivity index (χ2v) is 4.23. The van der Waals surface area contributed by atoms with Gasteiger partial charge >= 0.3 is 5.97 Å². The Hall–Kier alpha value is -0.860. The van der Waals surface area contributed by atoms with Crippen molar-refractivity contribution in [1.82, 2.24) is 0 Å². The summed E-state index contributed by atoms with van der Waals surface area (Å²) in [5.74, 6) is -0.833. The first kappa shape index (κ1) is 8.73. The zero-order valence-corrected chi connectivity index (χ0v) is 7.58. The number of carboxylic acids is 1. The predicted octanol–water partition coefficient (Wildman–Crippen LogP) is 1.61. The maximum atomic E-state index is 11.8. The van der Waals surface area contributed by atoms with Gasteiger partial charge in [0.2, 0.25) is 0 Å². The fraction of sp³-hybridized carbons (Fsp3) is 0.800. The fourth-order valence-electron chi connectivity index (χ4n) is 2.27. The molecule has 0 aromatic carbocycles. The number of rotatable bonds is 3. The lowest BCUT2D eigenvalue weighted by Crippen LogP contribution is -2.30. The van der Waals surface area contributed by atoms with E-state index in [2.05, 4.69) is 0 Å². The van der Waals surface area contributed by atoms with Crippen LogP contribution in [-0.2, 0) is 9.59 Å². The molecule has 2 aliphatic rings. The minimum atomic E-state index is -0.949. The Morgan fingerprint density at radius 3 is 2.08 bits per heavy atom. The van der Waals surface area contributed by atoms with E-state index in [1.165, 1.54) is 0 Å². The molecular formula is C10H14O3. The van der Waals surface area contributed by atoms with Crippen LogP contribution in [-0.4, -0.2) is 16.9 Å². The van der Waals surface area contributed by atoms with Crippen LogP contribution in [0.15, 0.2) is 0 Å². The molecule has 2 aliphatic carbocycles. The number of Topliss-reactive ketones (excluding diaryl/α,β-unsaturated/α-hetero) is 1. The molecule has 0 heterocycles. The van der Waals surface area contributed by atoms with Crippen LogP contribution in [0.5, 0.6) is 0 Å². The van der Waals surface area contributed by atoms with Crippen LogP contribution in [0.4, 0.5) is 0 Å². The minimum Gasteiger partial charge on any atom is -0.480 e. The lowest BCUT2D eigenvalue weighted by molar-refractivity contribution is -0.149. The van der Waals surface area contributed by atoms with Crippen molar-refractivity contribution in [2.24, 2.45) is 11.3 Å². The molecule has 2 saturated carbocycles. The minimum absolute atomic E-state index is 0.0116. The Morgan fingerprint density at radius 2 is 1.69 bits per heavy atom. The molecular weight excluding hydrogens is 168 g/mol. The van der Waals surface area contributed by atoms with Crippen LogP contribution in [0.2, 0.25) is 0 Å². The van der Waals surface area contributed by atoms with Gasteiger partial charge in [-0.2, -0.15) is 0 Å². The van der Waals surface area contributed by atoms with Crippen molar-refractivity contribution in [2.45, 2.75) is 38.5 Å². The average Bonchev–Trinajstić information content (AvgIpc) is 2.74. The summed E-state index contributed by atoms with van der Waals surface area (Å²) in [6, 6.07) is 0. The van der Waals surface area contributed by atoms with Crippen molar-refractivity contribution in [3.8, 4) is 0 Å². The Balaban J connectivity index is 2.08. The van der Waals surface area contributed by atoms with Gasteiger partial charge in [-0.25, -0.2) is 0 Å². The molecule has 0 amide bonds. The smallest absolute Gasteiger partial charge is 0.317 e. The molecule has 1 N–H and O–H groups in total. The van der Waals surface area contributed by atoms with Crippen LogP contribution < -0.4 is 0 Å². The maximum absolute atomic E-state index is 11.8. The quantitative estimate of drug-likeness (QED) is 0.674. The first-order valence-electron chi connectivity index (χ1n) is 4.94. The van der Waals surface area contributed by atoms with E-state index in [1.54, 1.807) is 0 Å². The number of hydrogen-bond donors (Lipinski definition) is 1. The highest BCUT2D eigenvalue weighted by atomic mass is 16.4. The Kier molecular flexibility index (Phi) is 1.90. The number of aliphatic carboxylic acids is 1. The summed E-state index contributed by atoms with van der Waals surface area (Å²) in [5, 5.41) is 8.91. The summed E-state index contributed by atoms with van der Waals surface area (Å²) in [5.41, 5.74) is -0.949. The Bertz CT molecular complexity index is 247. The third kappa shape index (κ3) is 1.26. The highest BCUT2D eigenvalue weighted by Crippen LogP contribution is 2.50. The van der Waals surface area contributed by atoms with Crippen LogP contribution in [0.1, 0.15) is 38.5 Å². The van der Waals surface area contributed by atoms with Crippen LogP contribution in [0, 0.1) is 11.3 Å². The van der Waals surface area contributed by atoms with Crippen molar-refractivity contribution in [3.63, 3.8) is 0 Å². The third-order valence-corrected chi connectivity index (χ3v) is 3.36. The molecule has 0 aromatic rings. The van der Waals surface area contributed by atoms with E-state index in [4.69, 9.17) is 5.11 Å². The molecule has 3 heteroatoms. The van der Waals surface area contributed by atoms with Gasteiger partial charge in [0.05, 0.1) is 0 Å². The van der Waals surface area contributed by atoms with E-state index in [0.717, 1.165) is 25.7 Å². The fourth-order valence-corrected chi connectivity index (χ4v) is 2.27. The van der Waals surface area contributed by atoms with Gasteiger partial charge in [-0.3, -0.25) is 9.59 Å². The number of ketones is 1. The van der Waals surface area contributed by atoms with E-state index in [0.29, 0.717) is 12.8 Å². The molecule has 2 rings (SSSR count). The standard InChI is InChI=1S/C10H14O3/c11-8(7-3-1-2-4-7)10(5-6-10)9(12)13/h7H,1-6H2,(H,12,13). The largest absolute Gasteiger partial charge is 0.480 e. The average molecular weight is 182 g/mol. The SMILES string of the molecule is O=C(O)C1(C(=O)C2CCCC2)CC1. The second-order valence-electron chi connectivity index (χ2n) is 4.23. The van der Waals surface area contributed by atoms with E-state index >= 15 is 0 Å². The number of carboxylic acid groups (broad SMARTS) is 1. The van der Waals surface area contributed by atoms with E-state index in [1.807, 2.05) is 0 Å². The van der Waals surface area contributed by atoms with Crippen LogP contribution >= 0.6 is 0 Å². The molecule has 0 atom stereocenters. The molecule has 0 spiro atoms. The summed E-state index contributed by atoms with van der Waals surface area (Å²) < 4.78 is 0. The Labute approximate surface area is 77.1 Å². The van der Waals surface area contributed by atoms with Gasteiger partial charge in [0.1, 0.15) is 5.41 Å². The first-order valence-corrected chi connectivity index (χ1v) is 4.94. The van der Waals surface area contributed by atoms with Crippen LogP contribution in [0.25, 0.3) is 0 Å². The number of carbonyl (C=O) groups excluding carboxylic acids is 1. The van der Waals surface area contributed by atoms with E-state index in [9.17, 15) is 9.59 Å². The van der Waals surface area contributed by atoms with Gasteiger partial charge in [0.25, 0.3) is 0 Å². The lowest BCUT2D eigenvalue weighted by Gasteiger charge is -2.13. The van der Waals surface area contributed by atoms with E-state index in [-0.39, 0.29) is 11.7 Å². The van der Waals surface area contributed by atoms with Gasteiger partial charge in [0, 0.05) is 5.92 Å². The van der Waals surface area contributed by atoms with Gasteiger partial charge < -0.3 is 5.11 Å². The summed E-state index contributed by atoms with van der Waals surface area (Å²) in [6.45, 7) is 0. The maximum Gasteiger partial charge on any atom is 0.317 e. The molecule has 13 heavy (non-hydrogen) atoms. The van der Waals surface area contributed by atoms with Crippen molar-refractivity contribution >= 4 is 11.8 Å². The summed E-state index contributed by atoms with van der Waals surface area (Å²) >= 11 is 0. The van der Waals surface area contributed by atoms with Gasteiger partial charge in [0.15, 0.2) is 5.78 Å². The van der Waals surface area contributed by atoms with Crippen molar-refractivity contribution in [2.75, 3.05) is 0 Å². The van der Waals surface area contributed by atoms with Crippen molar-refractivity contribution in [1.29, 1.82) is 0 Å². The zero-order valence-electron chi connectivity index (χ0n) is 7.58.